The number of thioether (sulfide) groups is 1. The highest BCUT2D eigenvalue weighted by Gasteiger charge is 2.13. The normalized spacial score (nSPS) is 10.8. The van der Waals surface area contributed by atoms with E-state index in [0.717, 1.165) is 32.2 Å². The molecule has 0 aliphatic heterocycles. The number of rotatable bonds is 6. The van der Waals surface area contributed by atoms with Crippen LogP contribution in [0.2, 0.25) is 0 Å². The van der Waals surface area contributed by atoms with Crippen molar-refractivity contribution >= 4 is 57.3 Å². The predicted molar refractivity (Wildman–Crippen MR) is 111 cm³/mol. The molecule has 0 unspecified atom stereocenters. The number of nitrogens with one attached hydrogen (secondary N) is 1. The lowest BCUT2D eigenvalue weighted by atomic mass is 10.2. The Kier molecular flexibility index (Phi) is 6.13. The summed E-state index contributed by atoms with van der Waals surface area (Å²) in [6, 6.07) is 10.1. The molecule has 3 aromatic rings. The number of aryl methyl sites for hydroxylation is 1. The molecule has 2 aromatic heterocycles. The SMILES string of the molecule is Cc1cc(I)ccc1NC(=O)CSc1nnc(Cc2cccs2)n1C. The largest absolute Gasteiger partial charge is 0.325 e. The van der Waals surface area contributed by atoms with Crippen LogP contribution in [0.3, 0.4) is 0 Å². The van der Waals surface area contributed by atoms with Gasteiger partial charge in [0.2, 0.25) is 5.91 Å². The highest BCUT2D eigenvalue weighted by molar-refractivity contribution is 14.1. The van der Waals surface area contributed by atoms with E-state index < -0.39 is 0 Å². The zero-order chi connectivity index (χ0) is 17.8. The molecular weight excluding hydrogens is 467 g/mol. The number of carbonyl (C=O) groups is 1. The van der Waals surface area contributed by atoms with Gasteiger partial charge in [-0.2, -0.15) is 0 Å². The maximum absolute atomic E-state index is 12.2. The molecule has 0 spiro atoms. The van der Waals surface area contributed by atoms with E-state index in [9.17, 15) is 4.79 Å². The van der Waals surface area contributed by atoms with Crippen LogP contribution in [0, 0.1) is 10.5 Å². The maximum Gasteiger partial charge on any atom is 0.234 e. The molecule has 3 rings (SSSR count). The number of nitrogens with zero attached hydrogens (tertiary/aromatic N) is 3. The van der Waals surface area contributed by atoms with Crippen molar-refractivity contribution < 1.29 is 4.79 Å². The molecule has 0 radical (unpaired) electrons. The van der Waals surface area contributed by atoms with Crippen molar-refractivity contribution in [2.75, 3.05) is 11.1 Å². The first-order valence-electron chi connectivity index (χ1n) is 7.62. The second-order valence-corrected chi connectivity index (χ2v) is 8.73. The number of benzene rings is 1. The average Bonchev–Trinajstić information content (AvgIpc) is 3.20. The molecule has 1 N–H and O–H groups in total. The van der Waals surface area contributed by atoms with Gasteiger partial charge >= 0.3 is 0 Å². The first-order chi connectivity index (χ1) is 12.0. The Hall–Kier alpha value is -1.39. The molecule has 0 aliphatic carbocycles. The van der Waals surface area contributed by atoms with Gasteiger partial charge in [-0.25, -0.2) is 0 Å². The number of thiophene rings is 1. The van der Waals surface area contributed by atoms with Crippen LogP contribution in [0.15, 0.2) is 40.9 Å². The molecule has 130 valence electrons. The maximum atomic E-state index is 12.2. The third-order valence-electron chi connectivity index (χ3n) is 3.63. The molecule has 8 heteroatoms. The fraction of sp³-hybridized carbons (Fsp3) is 0.235. The molecule has 0 fully saturated rings. The Morgan fingerprint density at radius 3 is 2.92 bits per heavy atom. The minimum Gasteiger partial charge on any atom is -0.325 e. The topological polar surface area (TPSA) is 59.8 Å². The van der Waals surface area contributed by atoms with Crippen LogP contribution in [0.5, 0.6) is 0 Å². The lowest BCUT2D eigenvalue weighted by Gasteiger charge is -2.08. The van der Waals surface area contributed by atoms with E-state index in [-0.39, 0.29) is 5.91 Å². The van der Waals surface area contributed by atoms with Crippen molar-refractivity contribution in [1.29, 1.82) is 0 Å². The van der Waals surface area contributed by atoms with Crippen LogP contribution in [-0.2, 0) is 18.3 Å². The van der Waals surface area contributed by atoms with Gasteiger partial charge in [0.1, 0.15) is 5.82 Å². The molecule has 0 aliphatic rings. The van der Waals surface area contributed by atoms with Crippen LogP contribution in [0.1, 0.15) is 16.3 Å². The third-order valence-corrected chi connectivity index (χ3v) is 6.20. The Morgan fingerprint density at radius 2 is 2.20 bits per heavy atom. The Labute approximate surface area is 168 Å². The van der Waals surface area contributed by atoms with E-state index in [1.54, 1.807) is 11.3 Å². The number of anilines is 1. The molecule has 0 bridgehead atoms. The predicted octanol–water partition coefficient (Wildman–Crippen LogP) is 4.11. The molecule has 1 amide bonds. The zero-order valence-corrected chi connectivity index (χ0v) is 17.6. The smallest absolute Gasteiger partial charge is 0.234 e. The van der Waals surface area contributed by atoms with Gasteiger partial charge in [-0.3, -0.25) is 4.79 Å². The number of carbonyl (C=O) groups excluding carboxylic acids is 1. The van der Waals surface area contributed by atoms with Crippen molar-refractivity contribution in [3.05, 3.63) is 55.5 Å². The second kappa shape index (κ2) is 8.33. The second-order valence-electron chi connectivity index (χ2n) is 5.51. The fourth-order valence-corrected chi connectivity index (χ4v) is 4.36. The number of hydrogen-bond acceptors (Lipinski definition) is 5. The minimum absolute atomic E-state index is 0.0443. The van der Waals surface area contributed by atoms with E-state index in [0.29, 0.717) is 5.75 Å². The van der Waals surface area contributed by atoms with E-state index >= 15 is 0 Å². The van der Waals surface area contributed by atoms with Crippen molar-refractivity contribution in [2.45, 2.75) is 18.5 Å². The first-order valence-corrected chi connectivity index (χ1v) is 10.6. The van der Waals surface area contributed by atoms with Gasteiger partial charge in [0.15, 0.2) is 5.16 Å². The fourth-order valence-electron chi connectivity index (χ4n) is 2.28. The number of halogens is 1. The van der Waals surface area contributed by atoms with E-state index in [1.807, 2.05) is 42.8 Å². The van der Waals surface area contributed by atoms with Gasteiger partial charge < -0.3 is 9.88 Å². The highest BCUT2D eigenvalue weighted by atomic mass is 127. The average molecular weight is 484 g/mol. The summed E-state index contributed by atoms with van der Waals surface area (Å²) >= 11 is 5.36. The third kappa shape index (κ3) is 4.83. The number of hydrogen-bond donors (Lipinski definition) is 1. The first kappa shape index (κ1) is 18.4. The van der Waals surface area contributed by atoms with Crippen LogP contribution in [0.25, 0.3) is 0 Å². The Bertz CT molecular complexity index is 877. The van der Waals surface area contributed by atoms with Crippen molar-refractivity contribution in [3.8, 4) is 0 Å². The number of aromatic nitrogens is 3. The summed E-state index contributed by atoms with van der Waals surface area (Å²) in [5.41, 5.74) is 1.91. The van der Waals surface area contributed by atoms with Crippen molar-refractivity contribution in [1.82, 2.24) is 14.8 Å². The summed E-state index contributed by atoms with van der Waals surface area (Å²) < 4.78 is 3.10. The molecule has 0 saturated heterocycles. The molecule has 25 heavy (non-hydrogen) atoms. The molecule has 0 atom stereocenters. The summed E-state index contributed by atoms with van der Waals surface area (Å²) in [6.45, 7) is 1.99. The molecule has 2 heterocycles. The molecule has 0 saturated carbocycles. The van der Waals surface area contributed by atoms with E-state index in [2.05, 4.69) is 49.6 Å². The monoisotopic (exact) mass is 484 g/mol. The summed E-state index contributed by atoms with van der Waals surface area (Å²) in [4.78, 5) is 13.5. The van der Waals surface area contributed by atoms with Gasteiger partial charge in [-0.15, -0.1) is 21.5 Å². The van der Waals surface area contributed by atoms with Crippen LogP contribution in [0.4, 0.5) is 5.69 Å². The number of amides is 1. The zero-order valence-electron chi connectivity index (χ0n) is 13.8. The quantitative estimate of drug-likeness (QED) is 0.423. The summed E-state index contributed by atoms with van der Waals surface area (Å²) in [5.74, 6) is 1.16. The van der Waals surface area contributed by atoms with E-state index in [4.69, 9.17) is 0 Å². The van der Waals surface area contributed by atoms with Gasteiger partial charge in [0.05, 0.1) is 5.75 Å². The molecule has 5 nitrogen and oxygen atoms in total. The standard InChI is InChI=1S/C17H17IN4OS2/c1-11-8-12(18)5-6-14(11)19-16(23)10-25-17-21-20-15(22(17)2)9-13-4-3-7-24-13/h3-8H,9-10H2,1-2H3,(H,19,23). The summed E-state index contributed by atoms with van der Waals surface area (Å²) in [5, 5.41) is 14.2. The Balaban J connectivity index is 1.58. The van der Waals surface area contributed by atoms with Gasteiger partial charge in [-0.05, 0) is 64.7 Å². The summed E-state index contributed by atoms with van der Waals surface area (Å²) in [6.07, 6.45) is 0.760. The molecule has 1 aromatic carbocycles. The Morgan fingerprint density at radius 1 is 1.36 bits per heavy atom. The van der Waals surface area contributed by atoms with Gasteiger partial charge in [0.25, 0.3) is 0 Å². The van der Waals surface area contributed by atoms with Gasteiger partial charge in [-0.1, -0.05) is 17.8 Å². The lowest BCUT2D eigenvalue weighted by molar-refractivity contribution is -0.113. The van der Waals surface area contributed by atoms with Gasteiger partial charge in [0, 0.05) is 27.6 Å². The minimum atomic E-state index is -0.0443. The van der Waals surface area contributed by atoms with Crippen LogP contribution < -0.4 is 5.32 Å². The van der Waals surface area contributed by atoms with Crippen LogP contribution in [-0.4, -0.2) is 26.4 Å². The van der Waals surface area contributed by atoms with Crippen molar-refractivity contribution in [2.24, 2.45) is 7.05 Å². The van der Waals surface area contributed by atoms with Crippen molar-refractivity contribution in [3.63, 3.8) is 0 Å². The molecular formula is C17H17IN4OS2. The van der Waals surface area contributed by atoms with Crippen LogP contribution >= 0.6 is 45.7 Å². The highest BCUT2D eigenvalue weighted by Crippen LogP contribution is 2.21. The lowest BCUT2D eigenvalue weighted by Crippen LogP contribution is -2.15. The summed E-state index contributed by atoms with van der Waals surface area (Å²) in [7, 11) is 1.94. The van der Waals surface area contributed by atoms with E-state index in [1.165, 1.54) is 16.6 Å².